The van der Waals surface area contributed by atoms with E-state index in [0.29, 0.717) is 31.8 Å². The molecule has 3 rings (SSSR count). The SMILES string of the molecule is CCCCCCC(OC)c1cccc(-c2csc(CC(=O)c3cc(Cl)c(/C=C(\C)C(C)=O)c(Cl)c3)n2)c1OC. The van der Waals surface area contributed by atoms with Gasteiger partial charge < -0.3 is 9.47 Å². The van der Waals surface area contributed by atoms with E-state index in [1.165, 1.54) is 37.5 Å². The van der Waals surface area contributed by atoms with E-state index in [4.69, 9.17) is 37.7 Å². The summed E-state index contributed by atoms with van der Waals surface area (Å²) in [7, 11) is 3.39. The van der Waals surface area contributed by atoms with Crippen LogP contribution in [-0.4, -0.2) is 30.8 Å². The second-order valence-electron chi connectivity index (χ2n) is 9.47. The van der Waals surface area contributed by atoms with Gasteiger partial charge in [0.1, 0.15) is 10.8 Å². The third-order valence-corrected chi connectivity index (χ3v) is 8.13. The Morgan fingerprint density at radius 2 is 1.79 bits per heavy atom. The van der Waals surface area contributed by atoms with Crippen molar-refractivity contribution in [2.75, 3.05) is 14.2 Å². The third-order valence-electron chi connectivity index (χ3n) is 6.66. The number of thiazole rings is 1. The van der Waals surface area contributed by atoms with Crippen LogP contribution in [0.1, 0.15) is 85.5 Å². The van der Waals surface area contributed by atoms with Gasteiger partial charge in [-0.05, 0) is 50.1 Å². The summed E-state index contributed by atoms with van der Waals surface area (Å²) in [5.74, 6) is 0.519. The number of aromatic nitrogens is 1. The number of ketones is 2. The molecule has 0 saturated carbocycles. The molecule has 0 N–H and O–H groups in total. The number of Topliss-reactive ketones (excluding diaryl/α,β-unsaturated/α-hetero) is 2. The van der Waals surface area contributed by atoms with Gasteiger partial charge in [-0.3, -0.25) is 9.59 Å². The number of hydrogen-bond donors (Lipinski definition) is 0. The smallest absolute Gasteiger partial charge is 0.169 e. The lowest BCUT2D eigenvalue weighted by molar-refractivity contribution is -0.113. The summed E-state index contributed by atoms with van der Waals surface area (Å²) in [6.07, 6.45) is 7.26. The van der Waals surface area contributed by atoms with Crippen LogP contribution in [0.3, 0.4) is 0 Å². The van der Waals surface area contributed by atoms with E-state index in [1.54, 1.807) is 39.4 Å². The first-order chi connectivity index (χ1) is 18.7. The van der Waals surface area contributed by atoms with Crippen molar-refractivity contribution in [1.82, 2.24) is 4.98 Å². The lowest BCUT2D eigenvalue weighted by Gasteiger charge is -2.20. The molecule has 0 amide bonds. The number of nitrogens with zero attached hydrogens (tertiary/aromatic N) is 1. The number of carbonyl (C=O) groups is 2. The molecule has 0 aliphatic rings. The summed E-state index contributed by atoms with van der Waals surface area (Å²) >= 11 is 14.3. The number of methoxy groups -OCH3 is 2. The van der Waals surface area contributed by atoms with Gasteiger partial charge in [0.25, 0.3) is 0 Å². The van der Waals surface area contributed by atoms with E-state index in [-0.39, 0.29) is 24.1 Å². The van der Waals surface area contributed by atoms with E-state index in [2.05, 4.69) is 6.92 Å². The summed E-state index contributed by atoms with van der Waals surface area (Å²) in [5, 5.41) is 3.24. The largest absolute Gasteiger partial charge is 0.496 e. The van der Waals surface area contributed by atoms with Crippen molar-refractivity contribution < 1.29 is 19.1 Å². The number of unbranched alkanes of at least 4 members (excludes halogenated alkanes) is 3. The molecule has 0 fully saturated rings. The Bertz CT molecular complexity index is 1330. The number of allylic oxidation sites excluding steroid dienone is 1. The highest BCUT2D eigenvalue weighted by molar-refractivity contribution is 7.10. The zero-order valence-electron chi connectivity index (χ0n) is 23.1. The van der Waals surface area contributed by atoms with Crippen LogP contribution in [0.15, 0.2) is 41.3 Å². The van der Waals surface area contributed by atoms with Gasteiger partial charge in [0.2, 0.25) is 0 Å². The molecule has 2 aromatic carbocycles. The number of rotatable bonds is 14. The number of carbonyl (C=O) groups excluding carboxylic acids is 2. The van der Waals surface area contributed by atoms with E-state index in [9.17, 15) is 9.59 Å². The molecule has 5 nitrogen and oxygen atoms in total. The van der Waals surface area contributed by atoms with Crippen molar-refractivity contribution in [3.8, 4) is 17.0 Å². The van der Waals surface area contributed by atoms with Crippen LogP contribution in [0.4, 0.5) is 0 Å². The number of ether oxygens (including phenoxy) is 2. The molecule has 8 heteroatoms. The van der Waals surface area contributed by atoms with Gasteiger partial charge in [0.05, 0.1) is 35.4 Å². The van der Waals surface area contributed by atoms with Crippen LogP contribution >= 0.6 is 34.5 Å². The molecule has 0 aliphatic heterocycles. The van der Waals surface area contributed by atoms with Gasteiger partial charge in [0.15, 0.2) is 11.6 Å². The summed E-state index contributed by atoms with van der Waals surface area (Å²) in [6.45, 7) is 5.37. The fourth-order valence-electron chi connectivity index (χ4n) is 4.35. The fourth-order valence-corrected chi connectivity index (χ4v) is 5.74. The minimum absolute atomic E-state index is 0.0667. The van der Waals surface area contributed by atoms with E-state index in [1.807, 2.05) is 23.6 Å². The van der Waals surface area contributed by atoms with Crippen LogP contribution in [-0.2, 0) is 16.0 Å². The van der Waals surface area contributed by atoms with Crippen molar-refractivity contribution in [3.63, 3.8) is 0 Å². The van der Waals surface area contributed by atoms with Gasteiger partial charge in [-0.25, -0.2) is 4.98 Å². The Balaban J connectivity index is 1.82. The van der Waals surface area contributed by atoms with Gasteiger partial charge in [-0.1, -0.05) is 67.9 Å². The zero-order valence-corrected chi connectivity index (χ0v) is 25.4. The number of hydrogen-bond acceptors (Lipinski definition) is 6. The van der Waals surface area contributed by atoms with Crippen LogP contribution < -0.4 is 4.74 Å². The first kappa shape index (κ1) is 31.0. The number of benzene rings is 2. The first-order valence-electron chi connectivity index (χ1n) is 13.1. The molecule has 3 aromatic rings. The Kier molecular flexibility index (Phi) is 11.7. The minimum atomic E-state index is -0.147. The highest BCUT2D eigenvalue weighted by atomic mass is 35.5. The molecule has 0 bridgehead atoms. The molecule has 208 valence electrons. The molecular weight excluding hydrogens is 553 g/mol. The quantitative estimate of drug-likeness (QED) is 0.107. The predicted octanol–water partition coefficient (Wildman–Crippen LogP) is 9.20. The van der Waals surface area contributed by atoms with E-state index >= 15 is 0 Å². The van der Waals surface area contributed by atoms with Crippen molar-refractivity contribution in [2.24, 2.45) is 0 Å². The van der Waals surface area contributed by atoms with Crippen LogP contribution in [0.2, 0.25) is 10.0 Å². The normalized spacial score (nSPS) is 12.4. The third kappa shape index (κ3) is 8.01. The van der Waals surface area contributed by atoms with Gasteiger partial charge in [0, 0.05) is 34.7 Å². The maximum Gasteiger partial charge on any atom is 0.169 e. The average Bonchev–Trinajstić information content (AvgIpc) is 3.38. The first-order valence-corrected chi connectivity index (χ1v) is 14.7. The molecule has 1 atom stereocenters. The summed E-state index contributed by atoms with van der Waals surface area (Å²) in [4.78, 5) is 29.4. The monoisotopic (exact) mass is 587 g/mol. The molecule has 0 aliphatic carbocycles. The van der Waals surface area contributed by atoms with Gasteiger partial charge in [-0.15, -0.1) is 11.3 Å². The maximum atomic E-state index is 13.1. The minimum Gasteiger partial charge on any atom is -0.496 e. The molecule has 0 radical (unpaired) electrons. The lowest BCUT2D eigenvalue weighted by atomic mass is 9.98. The van der Waals surface area contributed by atoms with Crippen molar-refractivity contribution in [3.05, 3.63) is 73.0 Å². The van der Waals surface area contributed by atoms with Gasteiger partial charge in [-0.2, -0.15) is 0 Å². The van der Waals surface area contributed by atoms with Crippen molar-refractivity contribution >= 4 is 52.2 Å². The van der Waals surface area contributed by atoms with Crippen LogP contribution in [0.25, 0.3) is 17.3 Å². The Labute approximate surface area is 245 Å². The summed E-state index contributed by atoms with van der Waals surface area (Å²) in [5.41, 5.74) is 4.05. The van der Waals surface area contributed by atoms with Gasteiger partial charge >= 0.3 is 0 Å². The van der Waals surface area contributed by atoms with Crippen molar-refractivity contribution in [2.45, 2.75) is 65.4 Å². The van der Waals surface area contributed by atoms with Crippen LogP contribution in [0, 0.1) is 0 Å². The molecular formula is C31H35Cl2NO4S. The number of halogens is 2. The fraction of sp³-hybridized carbons (Fsp3) is 0.387. The molecule has 1 aromatic heterocycles. The zero-order chi connectivity index (χ0) is 28.5. The molecule has 1 unspecified atom stereocenters. The second kappa shape index (κ2) is 14.8. The standard InChI is InChI=1S/C31H35Cl2NO4S/c1-6-7-8-9-13-29(37-4)23-12-10-11-22(31(23)38-5)27-18-39-30(34-27)17-28(36)21-15-25(32)24(26(33)16-21)14-19(2)20(3)35/h10-12,14-16,18,29H,6-9,13,17H2,1-5H3/b19-14+. The molecule has 0 saturated heterocycles. The lowest BCUT2D eigenvalue weighted by Crippen LogP contribution is -2.05. The van der Waals surface area contributed by atoms with Crippen molar-refractivity contribution in [1.29, 1.82) is 0 Å². The Morgan fingerprint density at radius 1 is 1.08 bits per heavy atom. The molecule has 1 heterocycles. The Hall–Kier alpha value is -2.51. The van der Waals surface area contributed by atoms with E-state index < -0.39 is 0 Å². The highest BCUT2D eigenvalue weighted by Crippen LogP contribution is 2.39. The van der Waals surface area contributed by atoms with E-state index in [0.717, 1.165) is 35.4 Å². The maximum absolute atomic E-state index is 13.1. The highest BCUT2D eigenvalue weighted by Gasteiger charge is 2.21. The molecule has 0 spiro atoms. The average molecular weight is 589 g/mol. The second-order valence-corrected chi connectivity index (χ2v) is 11.2. The summed E-state index contributed by atoms with van der Waals surface area (Å²) < 4.78 is 11.7. The Morgan fingerprint density at radius 3 is 2.41 bits per heavy atom. The molecule has 39 heavy (non-hydrogen) atoms. The predicted molar refractivity (Wildman–Crippen MR) is 161 cm³/mol. The summed E-state index contributed by atoms with van der Waals surface area (Å²) in [6, 6.07) is 9.17. The number of para-hydroxylation sites is 1. The van der Waals surface area contributed by atoms with Crippen LogP contribution in [0.5, 0.6) is 5.75 Å². The topological polar surface area (TPSA) is 65.5 Å².